The third kappa shape index (κ3) is 9.31. The lowest BCUT2D eigenvalue weighted by molar-refractivity contribution is 0.757. The zero-order chi connectivity index (χ0) is 36.6. The van der Waals surface area contributed by atoms with E-state index in [-0.39, 0.29) is 0 Å². The van der Waals surface area contributed by atoms with Gasteiger partial charge in [0.2, 0.25) is 0 Å². The molecule has 6 aromatic rings. The van der Waals surface area contributed by atoms with Crippen LogP contribution in [0, 0.1) is 20.8 Å². The normalized spacial score (nSPS) is 14.8. The van der Waals surface area contributed by atoms with Gasteiger partial charge >= 0.3 is 0 Å². The van der Waals surface area contributed by atoms with Gasteiger partial charge in [0.15, 0.2) is 0 Å². The summed E-state index contributed by atoms with van der Waals surface area (Å²) in [6.07, 6.45) is 17.5. The van der Waals surface area contributed by atoms with E-state index in [1.165, 1.54) is 72.6 Å². The van der Waals surface area contributed by atoms with Gasteiger partial charge in [0.05, 0.1) is 6.04 Å². The summed E-state index contributed by atoms with van der Waals surface area (Å²) < 4.78 is 0. The zero-order valence-corrected chi connectivity index (χ0v) is 31.4. The van der Waals surface area contributed by atoms with Crippen LogP contribution in [0.25, 0.3) is 24.3 Å². The highest BCUT2D eigenvalue weighted by Gasteiger charge is 2.21. The van der Waals surface area contributed by atoms with Crippen molar-refractivity contribution in [3.63, 3.8) is 0 Å². The van der Waals surface area contributed by atoms with Gasteiger partial charge in [-0.2, -0.15) is 0 Å². The fourth-order valence-corrected chi connectivity index (χ4v) is 7.38. The monoisotopic (exact) mass is 687 g/mol. The Morgan fingerprint density at radius 2 is 1.06 bits per heavy atom. The molecule has 0 heterocycles. The highest BCUT2D eigenvalue weighted by Crippen LogP contribution is 2.34. The van der Waals surface area contributed by atoms with E-state index >= 15 is 0 Å². The number of anilines is 2. The Balaban J connectivity index is 1.01. The van der Waals surface area contributed by atoms with E-state index in [9.17, 15) is 0 Å². The van der Waals surface area contributed by atoms with Crippen LogP contribution in [0.4, 0.5) is 11.4 Å². The van der Waals surface area contributed by atoms with Gasteiger partial charge in [-0.1, -0.05) is 181 Å². The summed E-state index contributed by atoms with van der Waals surface area (Å²) in [6, 6.07) is 53.8. The minimum absolute atomic E-state index is 0.292. The van der Waals surface area contributed by atoms with E-state index in [2.05, 4.69) is 221 Å². The summed E-state index contributed by atoms with van der Waals surface area (Å²) in [5, 5.41) is 0. The first-order chi connectivity index (χ1) is 25.9. The molecular formula is C52H49N. The number of aryl methyl sites for hydroxylation is 3. The number of rotatable bonds is 11. The second kappa shape index (κ2) is 16.6. The summed E-state index contributed by atoms with van der Waals surface area (Å²) in [4.78, 5) is 2.46. The maximum Gasteiger partial charge on any atom is 0.0562 e. The van der Waals surface area contributed by atoms with E-state index in [0.717, 1.165) is 12.8 Å². The predicted molar refractivity (Wildman–Crippen MR) is 230 cm³/mol. The minimum Gasteiger partial charge on any atom is -0.334 e. The number of nitrogens with zero attached hydrogens (tertiary/aromatic N) is 1. The van der Waals surface area contributed by atoms with Crippen LogP contribution in [-0.4, -0.2) is 6.04 Å². The lowest BCUT2D eigenvalue weighted by Crippen LogP contribution is -2.30. The van der Waals surface area contributed by atoms with Gasteiger partial charge in [0.1, 0.15) is 0 Å². The van der Waals surface area contributed by atoms with Crippen LogP contribution in [0.1, 0.15) is 74.9 Å². The molecule has 1 aliphatic carbocycles. The van der Waals surface area contributed by atoms with Crippen LogP contribution in [-0.2, 0) is 6.42 Å². The fraction of sp³-hybridized carbons (Fsp3) is 0.154. The van der Waals surface area contributed by atoms with Gasteiger partial charge in [-0.3, -0.25) is 0 Å². The van der Waals surface area contributed by atoms with Gasteiger partial charge < -0.3 is 4.90 Å². The number of benzene rings is 6. The van der Waals surface area contributed by atoms with Crippen molar-refractivity contribution in [2.45, 2.75) is 52.5 Å². The zero-order valence-electron chi connectivity index (χ0n) is 31.4. The summed E-state index contributed by atoms with van der Waals surface area (Å²) in [7, 11) is 0. The molecule has 0 N–H and O–H groups in total. The van der Waals surface area contributed by atoms with E-state index < -0.39 is 0 Å². The number of hydrogen-bond acceptors (Lipinski definition) is 1. The van der Waals surface area contributed by atoms with Crippen LogP contribution in [0.3, 0.4) is 0 Å². The van der Waals surface area contributed by atoms with Gasteiger partial charge in [0.25, 0.3) is 0 Å². The first-order valence-electron chi connectivity index (χ1n) is 18.8. The average Bonchev–Trinajstić information content (AvgIpc) is 3.17. The number of hydrogen-bond donors (Lipinski definition) is 0. The largest absolute Gasteiger partial charge is 0.334 e. The van der Waals surface area contributed by atoms with Crippen LogP contribution in [0.15, 0.2) is 169 Å². The van der Waals surface area contributed by atoms with Crippen molar-refractivity contribution in [3.8, 4) is 0 Å². The Hall–Kier alpha value is -5.92. The average molecular weight is 688 g/mol. The highest BCUT2D eigenvalue weighted by atomic mass is 15.2. The van der Waals surface area contributed by atoms with Crippen molar-refractivity contribution in [1.82, 2.24) is 0 Å². The summed E-state index contributed by atoms with van der Waals surface area (Å²) in [5.41, 5.74) is 16.6. The Morgan fingerprint density at radius 1 is 0.528 bits per heavy atom. The molecule has 0 saturated carbocycles. The van der Waals surface area contributed by atoms with E-state index in [4.69, 9.17) is 0 Å². The standard InChI is InChI=1S/C52H49N/c1-38-9-5-13-46(33-38)37-52(48-14-6-10-39(2)34-48)47-29-25-44(26-30-47)23-21-42-17-19-43(20-18-42)22-24-45-27-31-49(32-28-45)53(50-15-7-11-40(3)35-50)51-16-8-12-41(4)36-51/h5-35,51-52H,36-37H2,1-4H3. The molecule has 1 heteroatoms. The molecule has 0 bridgehead atoms. The van der Waals surface area contributed by atoms with Crippen molar-refractivity contribution in [1.29, 1.82) is 0 Å². The summed E-state index contributed by atoms with van der Waals surface area (Å²) in [6.45, 7) is 8.73. The molecule has 1 aliphatic rings. The quantitative estimate of drug-likeness (QED) is 0.123. The molecule has 6 aromatic carbocycles. The SMILES string of the molecule is CC1=CC=CC(N(c2ccc(C=Cc3ccc(C=Cc4ccc(C(Cc5cccc(C)c5)c5cccc(C)c5)cc4)cc3)cc2)c2cccc(C)c2)C1. The molecule has 0 radical (unpaired) electrons. The van der Waals surface area contributed by atoms with E-state index in [1.807, 2.05) is 0 Å². The smallest absolute Gasteiger partial charge is 0.0562 e. The van der Waals surface area contributed by atoms with Crippen molar-refractivity contribution in [2.75, 3.05) is 4.90 Å². The van der Waals surface area contributed by atoms with Crippen LogP contribution < -0.4 is 4.90 Å². The third-order valence-corrected chi connectivity index (χ3v) is 10.2. The minimum atomic E-state index is 0.292. The summed E-state index contributed by atoms with van der Waals surface area (Å²) in [5.74, 6) is 0.308. The molecule has 1 nitrogen and oxygen atoms in total. The molecule has 0 spiro atoms. The van der Waals surface area contributed by atoms with Crippen molar-refractivity contribution in [3.05, 3.63) is 225 Å². The molecule has 0 fully saturated rings. The van der Waals surface area contributed by atoms with Gasteiger partial charge in [0, 0.05) is 17.3 Å². The molecule has 0 aromatic heterocycles. The Labute approximate surface area is 317 Å². The van der Waals surface area contributed by atoms with Crippen molar-refractivity contribution in [2.24, 2.45) is 0 Å². The molecular weight excluding hydrogens is 639 g/mol. The Bertz CT molecular complexity index is 2260. The van der Waals surface area contributed by atoms with Crippen LogP contribution >= 0.6 is 0 Å². The lowest BCUT2D eigenvalue weighted by atomic mass is 9.85. The molecule has 0 saturated heterocycles. The Morgan fingerprint density at radius 3 is 1.62 bits per heavy atom. The molecule has 7 rings (SSSR count). The fourth-order valence-electron chi connectivity index (χ4n) is 7.38. The lowest BCUT2D eigenvalue weighted by Gasteiger charge is -2.34. The molecule has 2 unspecified atom stereocenters. The maximum atomic E-state index is 2.46. The van der Waals surface area contributed by atoms with E-state index in [0.29, 0.717) is 12.0 Å². The predicted octanol–water partition coefficient (Wildman–Crippen LogP) is 13.7. The molecule has 262 valence electrons. The third-order valence-electron chi connectivity index (χ3n) is 10.2. The Kier molecular flexibility index (Phi) is 11.1. The van der Waals surface area contributed by atoms with Gasteiger partial charge in [-0.05, 0) is 109 Å². The van der Waals surface area contributed by atoms with Crippen LogP contribution in [0.5, 0.6) is 0 Å². The summed E-state index contributed by atoms with van der Waals surface area (Å²) >= 11 is 0. The first kappa shape index (κ1) is 35.5. The first-order valence-corrected chi connectivity index (χ1v) is 18.8. The maximum absolute atomic E-state index is 2.46. The second-order valence-corrected chi connectivity index (χ2v) is 14.6. The van der Waals surface area contributed by atoms with Crippen molar-refractivity contribution >= 4 is 35.7 Å². The molecule has 53 heavy (non-hydrogen) atoms. The second-order valence-electron chi connectivity index (χ2n) is 14.6. The van der Waals surface area contributed by atoms with Crippen molar-refractivity contribution < 1.29 is 0 Å². The van der Waals surface area contributed by atoms with E-state index in [1.54, 1.807) is 0 Å². The van der Waals surface area contributed by atoms with Crippen LogP contribution in [0.2, 0.25) is 0 Å². The molecule has 0 amide bonds. The molecule has 0 aliphatic heterocycles. The highest BCUT2D eigenvalue weighted by molar-refractivity contribution is 5.74. The topological polar surface area (TPSA) is 3.24 Å². The van der Waals surface area contributed by atoms with Gasteiger partial charge in [-0.15, -0.1) is 0 Å². The van der Waals surface area contributed by atoms with Gasteiger partial charge in [-0.25, -0.2) is 0 Å². The molecule has 2 atom stereocenters. The number of allylic oxidation sites excluding steroid dienone is 2.